The molecular weight excluding hydrogens is 530 g/mol. The molecule has 0 unspecified atom stereocenters. The van der Waals surface area contributed by atoms with Crippen molar-refractivity contribution in [3.05, 3.63) is 71.5 Å². The molecule has 1 aromatic heterocycles. The van der Waals surface area contributed by atoms with E-state index >= 15 is 0 Å². The Morgan fingerprint density at radius 2 is 1.80 bits per heavy atom. The topological polar surface area (TPSA) is 128 Å². The molecule has 0 radical (unpaired) electrons. The molecule has 10 nitrogen and oxygen atoms in total. The summed E-state index contributed by atoms with van der Waals surface area (Å²) in [6.45, 7) is 2.13. The molecule has 0 spiro atoms. The quantitative estimate of drug-likeness (QED) is 0.206. The van der Waals surface area contributed by atoms with Gasteiger partial charge in [-0.25, -0.2) is 0 Å². The number of aryl methyl sites for hydroxylation is 1. The van der Waals surface area contributed by atoms with E-state index in [9.17, 15) is 14.7 Å². The first-order valence-electron chi connectivity index (χ1n) is 13.5. The van der Waals surface area contributed by atoms with Crippen molar-refractivity contribution in [2.45, 2.75) is 69.3 Å². The summed E-state index contributed by atoms with van der Waals surface area (Å²) in [5.41, 5.74) is 3.46. The summed E-state index contributed by atoms with van der Waals surface area (Å²) in [7, 11) is 1.91. The van der Waals surface area contributed by atoms with E-state index < -0.39 is 6.29 Å². The van der Waals surface area contributed by atoms with Crippen molar-refractivity contribution >= 4 is 29.3 Å². The number of benzene rings is 2. The standard InChI is InChI=1S/C29H37N5O5S/c1-20(36)30-15-5-3-4-6-27(37)32-24-13-11-23(12-14-24)28-38-25(18-40-29-33-31-19-34(29)2)16-26(39-28)22-9-7-21(17-35)8-10-22/h7-14,19,25-26,28,35H,3-6,15-18H2,1-2H3,(H,30,36)(H,32,37)/t25-,26+,28+/m0/s1. The van der Waals surface area contributed by atoms with E-state index in [0.717, 1.165) is 41.1 Å². The molecule has 0 saturated carbocycles. The van der Waals surface area contributed by atoms with Crippen LogP contribution in [0.4, 0.5) is 5.69 Å². The highest BCUT2D eigenvalue weighted by Crippen LogP contribution is 2.39. The zero-order chi connectivity index (χ0) is 28.3. The lowest BCUT2D eigenvalue weighted by molar-refractivity contribution is -0.245. The fraction of sp³-hybridized carbons (Fsp3) is 0.448. The maximum absolute atomic E-state index is 12.4. The third-order valence-electron chi connectivity index (χ3n) is 6.60. The molecular formula is C29H37N5O5S. The Morgan fingerprint density at radius 3 is 2.48 bits per heavy atom. The highest BCUT2D eigenvalue weighted by molar-refractivity contribution is 7.99. The van der Waals surface area contributed by atoms with Gasteiger partial charge in [-0.15, -0.1) is 10.2 Å². The number of carbonyl (C=O) groups is 2. The number of aliphatic hydroxyl groups excluding tert-OH is 1. The summed E-state index contributed by atoms with van der Waals surface area (Å²) in [5, 5.41) is 24.1. The maximum atomic E-state index is 12.4. The van der Waals surface area contributed by atoms with Gasteiger partial charge in [-0.2, -0.15) is 0 Å². The highest BCUT2D eigenvalue weighted by Gasteiger charge is 2.32. The molecule has 3 aromatic rings. The highest BCUT2D eigenvalue weighted by atomic mass is 32.2. The zero-order valence-corrected chi connectivity index (χ0v) is 23.7. The Balaban J connectivity index is 1.35. The summed E-state index contributed by atoms with van der Waals surface area (Å²) in [6, 6.07) is 15.4. The summed E-state index contributed by atoms with van der Waals surface area (Å²) >= 11 is 1.59. The fourth-order valence-electron chi connectivity index (χ4n) is 4.39. The number of anilines is 1. The van der Waals surface area contributed by atoms with Crippen LogP contribution in [0.3, 0.4) is 0 Å². The molecule has 11 heteroatoms. The van der Waals surface area contributed by atoms with Gasteiger partial charge in [0.05, 0.1) is 18.8 Å². The number of ether oxygens (including phenoxy) is 2. The smallest absolute Gasteiger partial charge is 0.224 e. The molecule has 1 saturated heterocycles. The first-order chi connectivity index (χ1) is 19.4. The number of unbranched alkanes of at least 4 members (excludes halogenated alkanes) is 2. The molecule has 0 aliphatic carbocycles. The van der Waals surface area contributed by atoms with Crippen molar-refractivity contribution in [1.82, 2.24) is 20.1 Å². The molecule has 1 fully saturated rings. The summed E-state index contributed by atoms with van der Waals surface area (Å²) in [4.78, 5) is 23.3. The largest absolute Gasteiger partial charge is 0.392 e. The van der Waals surface area contributed by atoms with E-state index in [1.807, 2.05) is 60.1 Å². The third kappa shape index (κ3) is 8.88. The van der Waals surface area contributed by atoms with E-state index in [0.29, 0.717) is 30.8 Å². The number of nitrogens with zero attached hydrogens (tertiary/aromatic N) is 3. The molecule has 3 N–H and O–H groups in total. The molecule has 3 atom stereocenters. The predicted molar refractivity (Wildman–Crippen MR) is 152 cm³/mol. The van der Waals surface area contributed by atoms with Gasteiger partial charge in [0.25, 0.3) is 0 Å². The minimum atomic E-state index is -0.574. The molecule has 1 aliphatic rings. The number of hydrogen-bond donors (Lipinski definition) is 3. The average molecular weight is 568 g/mol. The minimum Gasteiger partial charge on any atom is -0.392 e. The van der Waals surface area contributed by atoms with Gasteiger partial charge >= 0.3 is 0 Å². The molecule has 2 amide bonds. The Hall–Kier alpha value is -3.25. The number of aromatic nitrogens is 3. The number of hydrogen-bond acceptors (Lipinski definition) is 8. The number of nitrogens with one attached hydrogen (secondary N) is 2. The predicted octanol–water partition coefficient (Wildman–Crippen LogP) is 4.28. The van der Waals surface area contributed by atoms with Gasteiger partial charge in [0.2, 0.25) is 11.8 Å². The summed E-state index contributed by atoms with van der Waals surface area (Å²) in [5.74, 6) is 0.620. The zero-order valence-electron chi connectivity index (χ0n) is 22.9. The molecule has 1 aliphatic heterocycles. The van der Waals surface area contributed by atoms with E-state index in [1.54, 1.807) is 18.1 Å². The van der Waals surface area contributed by atoms with E-state index in [-0.39, 0.29) is 30.6 Å². The Bertz CT molecular complexity index is 1230. The molecule has 2 aromatic carbocycles. The van der Waals surface area contributed by atoms with E-state index in [4.69, 9.17) is 9.47 Å². The van der Waals surface area contributed by atoms with Crippen molar-refractivity contribution in [2.24, 2.45) is 7.05 Å². The van der Waals surface area contributed by atoms with Crippen LogP contribution < -0.4 is 10.6 Å². The van der Waals surface area contributed by atoms with Gasteiger partial charge in [-0.3, -0.25) is 9.59 Å². The first-order valence-corrected chi connectivity index (χ1v) is 14.5. The van der Waals surface area contributed by atoms with Gasteiger partial charge < -0.3 is 29.8 Å². The lowest BCUT2D eigenvalue weighted by Crippen LogP contribution is -2.31. The fourth-order valence-corrected chi connectivity index (χ4v) is 5.30. The van der Waals surface area contributed by atoms with Crippen molar-refractivity contribution < 1.29 is 24.2 Å². The van der Waals surface area contributed by atoms with Crippen LogP contribution in [-0.4, -0.2) is 50.1 Å². The number of amides is 2. The number of aliphatic hydroxyl groups is 1. The maximum Gasteiger partial charge on any atom is 0.224 e. The molecule has 0 bridgehead atoms. The number of carbonyl (C=O) groups excluding carboxylic acids is 2. The first kappa shape index (κ1) is 29.7. The van der Waals surface area contributed by atoms with Crippen molar-refractivity contribution in [3.63, 3.8) is 0 Å². The third-order valence-corrected chi connectivity index (χ3v) is 7.77. The van der Waals surface area contributed by atoms with E-state index in [1.165, 1.54) is 6.92 Å². The van der Waals surface area contributed by atoms with Crippen LogP contribution in [0.15, 0.2) is 60.0 Å². The number of rotatable bonds is 13. The minimum absolute atomic E-state index is 0.00397. The lowest BCUT2D eigenvalue weighted by atomic mass is 10.0. The van der Waals surface area contributed by atoms with E-state index in [2.05, 4.69) is 20.8 Å². The van der Waals surface area contributed by atoms with Crippen LogP contribution >= 0.6 is 11.8 Å². The lowest BCUT2D eigenvalue weighted by Gasteiger charge is -2.36. The second-order valence-corrected chi connectivity index (χ2v) is 10.8. The van der Waals surface area contributed by atoms with Gasteiger partial charge in [-0.05, 0) is 36.1 Å². The number of thioether (sulfide) groups is 1. The molecule has 4 rings (SSSR count). The van der Waals surface area contributed by atoms with Gasteiger partial charge in [-0.1, -0.05) is 54.6 Å². The van der Waals surface area contributed by atoms with Crippen molar-refractivity contribution in [3.8, 4) is 0 Å². The van der Waals surface area contributed by atoms with Crippen molar-refractivity contribution in [1.29, 1.82) is 0 Å². The normalized spacial score (nSPS) is 18.8. The van der Waals surface area contributed by atoms with Crippen LogP contribution in [-0.2, 0) is 32.7 Å². The SMILES string of the molecule is CC(=O)NCCCCCC(=O)Nc1ccc([C@@H]2O[C@H](CSc3nncn3C)C[C@H](c3ccc(CO)cc3)O2)cc1. The molecule has 2 heterocycles. The summed E-state index contributed by atoms with van der Waals surface area (Å²) in [6.07, 6.45) is 4.44. The van der Waals surface area contributed by atoms with Gasteiger partial charge in [0.15, 0.2) is 11.4 Å². The van der Waals surface area contributed by atoms with Gasteiger partial charge in [0.1, 0.15) is 6.33 Å². The summed E-state index contributed by atoms with van der Waals surface area (Å²) < 4.78 is 14.7. The molecule has 40 heavy (non-hydrogen) atoms. The Morgan fingerprint density at radius 1 is 1.05 bits per heavy atom. The van der Waals surface area contributed by atoms with Crippen LogP contribution in [0.2, 0.25) is 0 Å². The molecule has 214 valence electrons. The average Bonchev–Trinajstić information content (AvgIpc) is 3.38. The van der Waals surface area contributed by atoms with Gasteiger partial charge in [0, 0.05) is 50.4 Å². The Labute approximate surface area is 238 Å². The Kier molecular flexibility index (Phi) is 11.1. The van der Waals surface area contributed by atoms with Crippen LogP contribution in [0.1, 0.15) is 68.1 Å². The second-order valence-electron chi connectivity index (χ2n) is 9.85. The van der Waals surface area contributed by atoms with Crippen molar-refractivity contribution in [2.75, 3.05) is 17.6 Å². The van der Waals surface area contributed by atoms with Crippen LogP contribution in [0.5, 0.6) is 0 Å². The van der Waals surface area contributed by atoms with Crippen LogP contribution in [0.25, 0.3) is 0 Å². The monoisotopic (exact) mass is 567 g/mol. The second kappa shape index (κ2) is 14.9. The van der Waals surface area contributed by atoms with Crippen LogP contribution in [0, 0.1) is 0 Å².